The van der Waals surface area contributed by atoms with Crippen LogP contribution in [-0.4, -0.2) is 40.9 Å². The fourth-order valence-corrected chi connectivity index (χ4v) is 2.27. The molecule has 2 N–H and O–H groups in total. The van der Waals surface area contributed by atoms with E-state index in [0.717, 1.165) is 25.7 Å². The van der Waals surface area contributed by atoms with Crippen molar-refractivity contribution in [1.29, 1.82) is 0 Å². The molecule has 0 aliphatic carbocycles. The molecular formula is C11H21NO3. The number of amides is 1. The average molecular weight is 215 g/mol. The SMILES string of the molecule is CC(CCO)CC1CCN(C(=O)O)CC1. The Morgan fingerprint density at radius 2 is 2.07 bits per heavy atom. The molecule has 4 nitrogen and oxygen atoms in total. The van der Waals surface area contributed by atoms with Gasteiger partial charge < -0.3 is 15.1 Å². The van der Waals surface area contributed by atoms with Crippen LogP contribution in [0.2, 0.25) is 0 Å². The minimum Gasteiger partial charge on any atom is -0.465 e. The molecule has 88 valence electrons. The second-order valence-electron chi connectivity index (χ2n) is 4.57. The molecule has 0 aromatic heterocycles. The van der Waals surface area contributed by atoms with Crippen LogP contribution in [0.25, 0.3) is 0 Å². The zero-order valence-electron chi connectivity index (χ0n) is 9.35. The maximum absolute atomic E-state index is 10.7. The summed E-state index contributed by atoms with van der Waals surface area (Å²) in [5, 5.41) is 17.6. The van der Waals surface area contributed by atoms with Gasteiger partial charge in [0.15, 0.2) is 0 Å². The van der Waals surface area contributed by atoms with E-state index in [1.165, 1.54) is 4.90 Å². The monoisotopic (exact) mass is 215 g/mol. The highest BCUT2D eigenvalue weighted by atomic mass is 16.4. The van der Waals surface area contributed by atoms with Crippen LogP contribution < -0.4 is 0 Å². The van der Waals surface area contributed by atoms with E-state index in [1.54, 1.807) is 0 Å². The zero-order valence-corrected chi connectivity index (χ0v) is 9.35. The van der Waals surface area contributed by atoms with Crippen molar-refractivity contribution in [3.8, 4) is 0 Å². The summed E-state index contributed by atoms with van der Waals surface area (Å²) in [6.45, 7) is 3.76. The van der Waals surface area contributed by atoms with Crippen LogP contribution in [0, 0.1) is 11.8 Å². The van der Waals surface area contributed by atoms with E-state index in [9.17, 15) is 4.79 Å². The Morgan fingerprint density at radius 3 is 2.53 bits per heavy atom. The number of hydrogen-bond donors (Lipinski definition) is 2. The Hall–Kier alpha value is -0.770. The lowest BCUT2D eigenvalue weighted by Gasteiger charge is -2.31. The summed E-state index contributed by atoms with van der Waals surface area (Å²) in [4.78, 5) is 12.2. The second-order valence-corrected chi connectivity index (χ2v) is 4.57. The first kappa shape index (κ1) is 12.3. The summed E-state index contributed by atoms with van der Waals surface area (Å²) >= 11 is 0. The molecule has 0 spiro atoms. The maximum atomic E-state index is 10.7. The molecule has 1 fully saturated rings. The number of aliphatic hydroxyl groups is 1. The number of nitrogens with zero attached hydrogens (tertiary/aromatic N) is 1. The number of carboxylic acid groups (broad SMARTS) is 1. The smallest absolute Gasteiger partial charge is 0.407 e. The molecule has 1 rings (SSSR count). The number of piperidine rings is 1. The highest BCUT2D eigenvalue weighted by molar-refractivity contribution is 5.64. The Labute approximate surface area is 90.9 Å². The van der Waals surface area contributed by atoms with Gasteiger partial charge in [0.1, 0.15) is 0 Å². The molecule has 1 unspecified atom stereocenters. The molecule has 1 amide bonds. The predicted octanol–water partition coefficient (Wildman–Crippen LogP) is 1.79. The second kappa shape index (κ2) is 5.95. The number of likely N-dealkylation sites (tertiary alicyclic amines) is 1. The summed E-state index contributed by atoms with van der Waals surface area (Å²) in [6, 6.07) is 0. The molecule has 0 saturated carbocycles. The van der Waals surface area contributed by atoms with Gasteiger partial charge in [-0.05, 0) is 37.5 Å². The van der Waals surface area contributed by atoms with Crippen molar-refractivity contribution in [2.24, 2.45) is 11.8 Å². The molecule has 0 aromatic rings. The summed E-state index contributed by atoms with van der Waals surface area (Å²) in [7, 11) is 0. The fraction of sp³-hybridized carbons (Fsp3) is 0.909. The van der Waals surface area contributed by atoms with Crippen molar-refractivity contribution in [2.75, 3.05) is 19.7 Å². The summed E-state index contributed by atoms with van der Waals surface area (Å²) in [5.74, 6) is 1.19. The molecule has 1 heterocycles. The van der Waals surface area contributed by atoms with Gasteiger partial charge in [-0.2, -0.15) is 0 Å². The Balaban J connectivity index is 2.22. The van der Waals surface area contributed by atoms with E-state index < -0.39 is 6.09 Å². The quantitative estimate of drug-likeness (QED) is 0.751. The van der Waals surface area contributed by atoms with Crippen LogP contribution >= 0.6 is 0 Å². The Morgan fingerprint density at radius 1 is 1.47 bits per heavy atom. The van der Waals surface area contributed by atoms with E-state index in [1.807, 2.05) is 0 Å². The number of carbonyl (C=O) groups is 1. The molecule has 1 saturated heterocycles. The van der Waals surface area contributed by atoms with Gasteiger partial charge in [0.2, 0.25) is 0 Å². The van der Waals surface area contributed by atoms with Crippen molar-refractivity contribution < 1.29 is 15.0 Å². The van der Waals surface area contributed by atoms with Gasteiger partial charge in [-0.25, -0.2) is 4.79 Å². The first-order valence-corrected chi connectivity index (χ1v) is 5.72. The fourth-order valence-electron chi connectivity index (χ4n) is 2.27. The van der Waals surface area contributed by atoms with E-state index in [0.29, 0.717) is 24.9 Å². The maximum Gasteiger partial charge on any atom is 0.407 e. The molecule has 0 aromatic carbocycles. The summed E-state index contributed by atoms with van der Waals surface area (Å²) in [6.07, 6.45) is 3.13. The Bertz CT molecular complexity index is 200. The predicted molar refractivity (Wildman–Crippen MR) is 57.8 cm³/mol. The van der Waals surface area contributed by atoms with Gasteiger partial charge in [0.05, 0.1) is 0 Å². The highest BCUT2D eigenvalue weighted by Gasteiger charge is 2.23. The van der Waals surface area contributed by atoms with Crippen LogP contribution in [0.15, 0.2) is 0 Å². The lowest BCUT2D eigenvalue weighted by Crippen LogP contribution is -2.37. The Kier molecular flexibility index (Phi) is 4.88. The van der Waals surface area contributed by atoms with Crippen LogP contribution in [0.1, 0.15) is 32.6 Å². The molecular weight excluding hydrogens is 194 g/mol. The molecule has 0 bridgehead atoms. The third-order valence-electron chi connectivity index (χ3n) is 3.24. The highest BCUT2D eigenvalue weighted by Crippen LogP contribution is 2.25. The standard InChI is InChI=1S/C11H21NO3/c1-9(4-7-13)8-10-2-5-12(6-3-10)11(14)15/h9-10,13H,2-8H2,1H3,(H,14,15). The van der Waals surface area contributed by atoms with E-state index in [2.05, 4.69) is 6.92 Å². The van der Waals surface area contributed by atoms with Crippen molar-refractivity contribution >= 4 is 6.09 Å². The van der Waals surface area contributed by atoms with Crippen molar-refractivity contribution in [3.63, 3.8) is 0 Å². The number of aliphatic hydroxyl groups excluding tert-OH is 1. The molecule has 15 heavy (non-hydrogen) atoms. The van der Waals surface area contributed by atoms with E-state index in [-0.39, 0.29) is 6.61 Å². The average Bonchev–Trinajstić information content (AvgIpc) is 2.18. The normalized spacial score (nSPS) is 20.3. The van der Waals surface area contributed by atoms with Crippen LogP contribution in [-0.2, 0) is 0 Å². The van der Waals surface area contributed by atoms with Gasteiger partial charge in [-0.3, -0.25) is 0 Å². The topological polar surface area (TPSA) is 60.8 Å². The minimum atomic E-state index is -0.795. The van der Waals surface area contributed by atoms with Crippen molar-refractivity contribution in [2.45, 2.75) is 32.6 Å². The molecule has 1 aliphatic rings. The third kappa shape index (κ3) is 4.08. The van der Waals surface area contributed by atoms with Gasteiger partial charge in [-0.15, -0.1) is 0 Å². The molecule has 1 atom stereocenters. The van der Waals surface area contributed by atoms with Crippen LogP contribution in [0.5, 0.6) is 0 Å². The van der Waals surface area contributed by atoms with Gasteiger partial charge in [-0.1, -0.05) is 6.92 Å². The molecule has 1 aliphatic heterocycles. The van der Waals surface area contributed by atoms with Gasteiger partial charge in [0, 0.05) is 19.7 Å². The van der Waals surface area contributed by atoms with Crippen LogP contribution in [0.4, 0.5) is 4.79 Å². The lowest BCUT2D eigenvalue weighted by atomic mass is 9.87. The van der Waals surface area contributed by atoms with Crippen molar-refractivity contribution in [1.82, 2.24) is 4.90 Å². The van der Waals surface area contributed by atoms with Gasteiger partial charge >= 0.3 is 6.09 Å². The number of hydrogen-bond acceptors (Lipinski definition) is 2. The molecule has 4 heteroatoms. The van der Waals surface area contributed by atoms with Crippen molar-refractivity contribution in [3.05, 3.63) is 0 Å². The largest absolute Gasteiger partial charge is 0.465 e. The minimum absolute atomic E-state index is 0.259. The molecule has 0 radical (unpaired) electrons. The lowest BCUT2D eigenvalue weighted by molar-refractivity contribution is 0.119. The summed E-state index contributed by atoms with van der Waals surface area (Å²) < 4.78 is 0. The first-order valence-electron chi connectivity index (χ1n) is 5.72. The zero-order chi connectivity index (χ0) is 11.3. The van der Waals surface area contributed by atoms with Crippen LogP contribution in [0.3, 0.4) is 0 Å². The first-order chi connectivity index (χ1) is 7.13. The summed E-state index contributed by atoms with van der Waals surface area (Å²) in [5.41, 5.74) is 0. The number of rotatable bonds is 4. The third-order valence-corrected chi connectivity index (χ3v) is 3.24. The van der Waals surface area contributed by atoms with Gasteiger partial charge in [0.25, 0.3) is 0 Å². The van der Waals surface area contributed by atoms with E-state index in [4.69, 9.17) is 10.2 Å². The van der Waals surface area contributed by atoms with E-state index >= 15 is 0 Å².